The van der Waals surface area contributed by atoms with Crippen LogP contribution in [0.15, 0.2) is 72.8 Å². The summed E-state index contributed by atoms with van der Waals surface area (Å²) in [6.45, 7) is 0. The van der Waals surface area contributed by atoms with E-state index in [0.29, 0.717) is 10.7 Å². The molecule has 0 radical (unpaired) electrons. The van der Waals surface area contributed by atoms with Gasteiger partial charge in [-0.2, -0.15) is 0 Å². The van der Waals surface area contributed by atoms with Crippen molar-refractivity contribution in [2.45, 2.75) is 12.1 Å². The SMILES string of the molecule is CN(C)c1ccc([C@@H]2[C@H]3C(=O)N(c4ccc([N+](=O)[O-])cc4)C(=O)[C@H]3ON2c2ccc(Cl)cc2)cc1. The number of anilines is 3. The van der Waals surface area contributed by atoms with Crippen molar-refractivity contribution in [3.05, 3.63) is 93.5 Å². The van der Waals surface area contributed by atoms with Gasteiger partial charge in [0, 0.05) is 36.9 Å². The second kappa shape index (κ2) is 8.68. The molecule has 2 fully saturated rings. The molecule has 2 amide bonds. The van der Waals surface area contributed by atoms with Gasteiger partial charge < -0.3 is 4.90 Å². The van der Waals surface area contributed by atoms with Crippen LogP contribution in [0.4, 0.5) is 22.7 Å². The lowest BCUT2D eigenvalue weighted by Gasteiger charge is -2.29. The maximum atomic E-state index is 13.6. The molecule has 3 atom stereocenters. The average molecular weight is 493 g/mol. The molecule has 0 unspecified atom stereocenters. The third-order valence-electron chi connectivity index (χ3n) is 6.27. The molecule has 9 nitrogen and oxygen atoms in total. The van der Waals surface area contributed by atoms with E-state index in [9.17, 15) is 19.7 Å². The van der Waals surface area contributed by atoms with Crippen molar-refractivity contribution in [3.63, 3.8) is 0 Å². The highest BCUT2D eigenvalue weighted by atomic mass is 35.5. The van der Waals surface area contributed by atoms with Crippen LogP contribution in [0.3, 0.4) is 0 Å². The zero-order valence-electron chi connectivity index (χ0n) is 18.9. The van der Waals surface area contributed by atoms with Crippen LogP contribution in [0, 0.1) is 16.0 Å². The van der Waals surface area contributed by atoms with Gasteiger partial charge in [-0.15, -0.1) is 0 Å². The third-order valence-corrected chi connectivity index (χ3v) is 6.52. The fraction of sp³-hybridized carbons (Fsp3) is 0.200. The number of amides is 2. The van der Waals surface area contributed by atoms with Crippen LogP contribution in [0.25, 0.3) is 0 Å². The summed E-state index contributed by atoms with van der Waals surface area (Å²) in [6.07, 6.45) is -1.04. The third kappa shape index (κ3) is 3.88. The number of nitro groups is 1. The lowest BCUT2D eigenvalue weighted by molar-refractivity contribution is -0.384. The minimum absolute atomic E-state index is 0.128. The number of imide groups is 1. The summed E-state index contributed by atoms with van der Waals surface area (Å²) in [7, 11) is 3.87. The molecule has 5 rings (SSSR count). The van der Waals surface area contributed by atoms with Crippen LogP contribution in [0.2, 0.25) is 5.02 Å². The zero-order chi connectivity index (χ0) is 24.9. The first-order valence-corrected chi connectivity index (χ1v) is 11.2. The van der Waals surface area contributed by atoms with Gasteiger partial charge in [0.2, 0.25) is 5.91 Å². The van der Waals surface area contributed by atoms with Crippen LogP contribution in [-0.4, -0.2) is 36.9 Å². The minimum Gasteiger partial charge on any atom is -0.378 e. The van der Waals surface area contributed by atoms with E-state index in [-0.39, 0.29) is 11.4 Å². The Morgan fingerprint density at radius 1 is 0.886 bits per heavy atom. The van der Waals surface area contributed by atoms with Crippen molar-refractivity contribution < 1.29 is 19.3 Å². The number of hydrogen-bond acceptors (Lipinski definition) is 7. The standard InChI is InChI=1S/C25H21ClN4O5/c1-27(2)17-7-3-15(4-8-17)22-21-23(35-29(22)19-9-5-16(26)6-10-19)25(32)28(24(21)31)18-11-13-20(14-12-18)30(33)34/h3-14,21-23H,1-2H3/t21-,22-,23+/m1/s1. The average Bonchev–Trinajstić information content (AvgIpc) is 3.35. The molecular formula is C25H21ClN4O5. The first-order chi connectivity index (χ1) is 16.8. The van der Waals surface area contributed by atoms with Crippen LogP contribution in [0.5, 0.6) is 0 Å². The number of hydrogen-bond donors (Lipinski definition) is 0. The Bertz CT molecular complexity index is 1290. The van der Waals surface area contributed by atoms with E-state index in [1.54, 1.807) is 29.3 Å². The molecular weight excluding hydrogens is 472 g/mol. The molecule has 0 spiro atoms. The number of rotatable bonds is 5. The van der Waals surface area contributed by atoms with Crippen molar-refractivity contribution in [2.75, 3.05) is 29.0 Å². The number of fused-ring (bicyclic) bond motifs is 1. The molecule has 0 aromatic heterocycles. The van der Waals surface area contributed by atoms with Gasteiger partial charge in [0.05, 0.1) is 22.3 Å². The Labute approximate surface area is 206 Å². The number of carbonyl (C=O) groups excluding carboxylic acids is 2. The van der Waals surface area contributed by atoms with Crippen LogP contribution < -0.4 is 14.9 Å². The number of hydroxylamine groups is 1. The summed E-state index contributed by atoms with van der Waals surface area (Å²) in [4.78, 5) is 46.6. The normalized spacial score (nSPS) is 21.4. The van der Waals surface area contributed by atoms with Gasteiger partial charge in [-0.1, -0.05) is 23.7 Å². The first kappa shape index (κ1) is 22.8. The summed E-state index contributed by atoms with van der Waals surface area (Å²) >= 11 is 6.06. The van der Waals surface area contributed by atoms with E-state index >= 15 is 0 Å². The maximum absolute atomic E-state index is 13.6. The second-order valence-corrected chi connectivity index (χ2v) is 9.01. The molecule has 0 aliphatic carbocycles. The predicted octanol–water partition coefficient (Wildman–Crippen LogP) is 4.37. The van der Waals surface area contributed by atoms with Gasteiger partial charge in [-0.3, -0.25) is 24.5 Å². The number of benzene rings is 3. The van der Waals surface area contributed by atoms with Crippen LogP contribution in [-0.2, 0) is 14.4 Å². The van der Waals surface area contributed by atoms with Crippen molar-refractivity contribution in [3.8, 4) is 0 Å². The van der Waals surface area contributed by atoms with E-state index in [2.05, 4.69) is 0 Å². The fourth-order valence-corrected chi connectivity index (χ4v) is 4.64. The minimum atomic E-state index is -1.04. The molecule has 0 N–H and O–H groups in total. The van der Waals surface area contributed by atoms with Crippen LogP contribution >= 0.6 is 11.6 Å². The Hall–Kier alpha value is -3.95. The van der Waals surface area contributed by atoms with Crippen molar-refractivity contribution in [1.82, 2.24) is 0 Å². The number of carbonyl (C=O) groups is 2. The highest BCUT2D eigenvalue weighted by Crippen LogP contribution is 2.48. The molecule has 10 heteroatoms. The lowest BCUT2D eigenvalue weighted by Crippen LogP contribution is -2.37. The maximum Gasteiger partial charge on any atom is 0.269 e. The molecule has 2 aliphatic heterocycles. The van der Waals surface area contributed by atoms with Gasteiger partial charge in [0.15, 0.2) is 6.10 Å². The Morgan fingerprint density at radius 3 is 2.06 bits per heavy atom. The van der Waals surface area contributed by atoms with Gasteiger partial charge in [0.1, 0.15) is 5.92 Å². The van der Waals surface area contributed by atoms with Crippen molar-refractivity contribution >= 4 is 46.2 Å². The number of halogens is 1. The molecule has 2 saturated heterocycles. The zero-order valence-corrected chi connectivity index (χ0v) is 19.6. The molecule has 178 valence electrons. The highest BCUT2D eigenvalue weighted by molar-refractivity contribution is 6.30. The Kier molecular flexibility index (Phi) is 5.66. The molecule has 3 aromatic carbocycles. The molecule has 2 aliphatic rings. The molecule has 3 aromatic rings. The first-order valence-electron chi connectivity index (χ1n) is 10.9. The van der Waals surface area contributed by atoms with Crippen LogP contribution in [0.1, 0.15) is 11.6 Å². The summed E-state index contributed by atoms with van der Waals surface area (Å²) in [5.74, 6) is -1.74. The van der Waals surface area contributed by atoms with Crippen molar-refractivity contribution in [2.24, 2.45) is 5.92 Å². The summed E-state index contributed by atoms with van der Waals surface area (Å²) < 4.78 is 0. The second-order valence-electron chi connectivity index (χ2n) is 8.57. The number of non-ortho nitro benzene ring substituents is 1. The van der Waals surface area contributed by atoms with Crippen molar-refractivity contribution in [1.29, 1.82) is 0 Å². The summed E-state index contributed by atoms with van der Waals surface area (Å²) in [5.41, 5.74) is 2.60. The Balaban J connectivity index is 1.54. The van der Waals surface area contributed by atoms with E-state index in [4.69, 9.17) is 16.4 Å². The van der Waals surface area contributed by atoms with E-state index < -0.39 is 34.8 Å². The van der Waals surface area contributed by atoms with Gasteiger partial charge >= 0.3 is 0 Å². The molecule has 35 heavy (non-hydrogen) atoms. The summed E-state index contributed by atoms with van der Waals surface area (Å²) in [6, 6.07) is 19.4. The predicted molar refractivity (Wildman–Crippen MR) is 131 cm³/mol. The Morgan fingerprint density at radius 2 is 1.49 bits per heavy atom. The lowest BCUT2D eigenvalue weighted by atomic mass is 9.90. The molecule has 0 bridgehead atoms. The molecule has 0 saturated carbocycles. The number of nitrogens with zero attached hydrogens (tertiary/aromatic N) is 4. The molecule has 2 heterocycles. The van der Waals surface area contributed by atoms with Gasteiger partial charge in [-0.05, 0) is 54.1 Å². The topological polar surface area (TPSA) is 96.2 Å². The quantitative estimate of drug-likeness (QED) is 0.296. The highest BCUT2D eigenvalue weighted by Gasteiger charge is 2.60. The monoisotopic (exact) mass is 492 g/mol. The fourth-order valence-electron chi connectivity index (χ4n) is 4.51. The number of nitro benzene ring substituents is 1. The summed E-state index contributed by atoms with van der Waals surface area (Å²) in [5, 5.41) is 13.1. The van der Waals surface area contributed by atoms with E-state index in [1.807, 2.05) is 43.3 Å². The smallest absolute Gasteiger partial charge is 0.269 e. The van der Waals surface area contributed by atoms with Gasteiger partial charge in [0.25, 0.3) is 11.6 Å². The van der Waals surface area contributed by atoms with Gasteiger partial charge in [-0.25, -0.2) is 9.96 Å². The largest absolute Gasteiger partial charge is 0.378 e. The van der Waals surface area contributed by atoms with E-state index in [1.165, 1.54) is 24.3 Å². The van der Waals surface area contributed by atoms with E-state index in [0.717, 1.165) is 16.2 Å².